The summed E-state index contributed by atoms with van der Waals surface area (Å²) in [5, 5.41) is 4.79. The molecular weight excluding hydrogens is 268 g/mol. The molecule has 0 saturated heterocycles. The number of rotatable bonds is 3. The number of hydrogen-bond acceptors (Lipinski definition) is 4. The molecule has 114 valence electrons. The fraction of sp³-hybridized carbons (Fsp3) is 0.867. The Labute approximate surface area is 127 Å². The zero-order valence-electron chi connectivity index (χ0n) is 13.2. The number of hydrogen-bond donors (Lipinski definition) is 1. The van der Waals surface area contributed by atoms with Crippen LogP contribution in [0.5, 0.6) is 0 Å². The van der Waals surface area contributed by atoms with Crippen LogP contribution in [0.4, 0.5) is 0 Å². The van der Waals surface area contributed by atoms with Gasteiger partial charge in [0.05, 0.1) is 17.8 Å². The van der Waals surface area contributed by atoms with Crippen molar-refractivity contribution in [3.05, 3.63) is 0 Å². The minimum atomic E-state index is -0.123. The predicted octanol–water partition coefficient (Wildman–Crippen LogP) is 3.43. The lowest BCUT2D eigenvalue weighted by atomic mass is 9.89. The molecule has 0 aromatic heterocycles. The molecule has 0 bridgehead atoms. The van der Waals surface area contributed by atoms with E-state index in [2.05, 4.69) is 42.2 Å². The second-order valence-corrected chi connectivity index (χ2v) is 8.08. The second-order valence-electron chi connectivity index (χ2n) is 6.97. The van der Waals surface area contributed by atoms with Crippen molar-refractivity contribution in [1.82, 2.24) is 4.41 Å². The number of nitrogens with two attached hydrogens (primary N) is 1. The van der Waals surface area contributed by atoms with Gasteiger partial charge in [0, 0.05) is 0 Å². The van der Waals surface area contributed by atoms with Gasteiger partial charge in [0.2, 0.25) is 0 Å². The normalized spacial score (nSPS) is 26.0. The van der Waals surface area contributed by atoms with E-state index < -0.39 is 0 Å². The van der Waals surface area contributed by atoms with Crippen LogP contribution in [0, 0.1) is 5.92 Å². The van der Waals surface area contributed by atoms with Crippen LogP contribution in [0.1, 0.15) is 59.8 Å². The molecule has 1 heterocycles. The Morgan fingerprint density at radius 2 is 2.00 bits per heavy atom. The largest absolute Gasteiger partial charge is 0.386 e. The predicted molar refractivity (Wildman–Crippen MR) is 89.1 cm³/mol. The lowest BCUT2D eigenvalue weighted by Crippen LogP contribution is -2.33. The van der Waals surface area contributed by atoms with Crippen molar-refractivity contribution in [2.75, 3.05) is 6.54 Å². The van der Waals surface area contributed by atoms with Gasteiger partial charge in [0.15, 0.2) is 0 Å². The summed E-state index contributed by atoms with van der Waals surface area (Å²) in [6, 6.07) is 0. The molecule has 1 saturated carbocycles. The van der Waals surface area contributed by atoms with E-state index in [0.29, 0.717) is 5.84 Å². The molecule has 1 unspecified atom stereocenters. The molecule has 1 atom stereocenters. The van der Waals surface area contributed by atoms with Crippen molar-refractivity contribution < 1.29 is 0 Å². The molecule has 0 spiro atoms. The average molecular weight is 296 g/mol. The van der Waals surface area contributed by atoms with Crippen molar-refractivity contribution in [3.8, 4) is 0 Å². The van der Waals surface area contributed by atoms with Gasteiger partial charge >= 0.3 is 0 Å². The van der Waals surface area contributed by atoms with Crippen LogP contribution in [0.15, 0.2) is 10.1 Å². The quantitative estimate of drug-likeness (QED) is 0.493. The first kappa shape index (κ1) is 15.7. The van der Waals surface area contributed by atoms with Gasteiger partial charge in [0.25, 0.3) is 0 Å². The molecule has 0 radical (unpaired) electrons. The van der Waals surface area contributed by atoms with Gasteiger partial charge in [-0.1, -0.05) is 19.3 Å². The Bertz CT molecular complexity index is 391. The van der Waals surface area contributed by atoms with E-state index in [1.165, 1.54) is 32.1 Å². The van der Waals surface area contributed by atoms with E-state index in [9.17, 15) is 0 Å². The van der Waals surface area contributed by atoms with Gasteiger partial charge in [-0.2, -0.15) is 5.10 Å². The maximum absolute atomic E-state index is 6.17. The highest BCUT2D eigenvalue weighted by Gasteiger charge is 2.30. The Morgan fingerprint density at radius 3 is 2.60 bits per heavy atom. The second kappa shape index (κ2) is 6.37. The maximum atomic E-state index is 6.17. The number of nitrogens with zero attached hydrogens (tertiary/aromatic N) is 3. The third kappa shape index (κ3) is 4.40. The molecule has 2 N–H and O–H groups in total. The number of amidine groups is 1. The maximum Gasteiger partial charge on any atom is 0.123 e. The first-order valence-corrected chi connectivity index (χ1v) is 8.53. The summed E-state index contributed by atoms with van der Waals surface area (Å²) in [5.74, 6) is 1.50. The van der Waals surface area contributed by atoms with Gasteiger partial charge in [-0.05, 0) is 58.4 Å². The third-order valence-electron chi connectivity index (χ3n) is 3.75. The minimum absolute atomic E-state index is 0.123. The molecule has 0 aromatic rings. The first-order valence-electron chi connectivity index (χ1n) is 7.70. The Hall–Kier alpha value is -0.710. The fourth-order valence-corrected chi connectivity index (χ4v) is 3.91. The summed E-state index contributed by atoms with van der Waals surface area (Å²) in [5.41, 5.74) is 7.13. The highest BCUT2D eigenvalue weighted by molar-refractivity contribution is 7.99. The highest BCUT2D eigenvalue weighted by atomic mass is 32.2. The van der Waals surface area contributed by atoms with Gasteiger partial charge in [-0.3, -0.25) is 4.99 Å². The van der Waals surface area contributed by atoms with E-state index in [4.69, 9.17) is 5.73 Å². The van der Waals surface area contributed by atoms with Crippen LogP contribution in [-0.4, -0.2) is 33.3 Å². The molecule has 2 aliphatic rings. The standard InChI is InChI=1S/C15H28N4S/c1-11-13(14(16)17-15(2,3)4)20-19(18-11)10-12-8-6-5-7-9-12/h12-13H,5-10H2,1-4H3,(H2,16,17). The van der Waals surface area contributed by atoms with Crippen LogP contribution >= 0.6 is 11.9 Å². The van der Waals surface area contributed by atoms with Crippen molar-refractivity contribution in [3.63, 3.8) is 0 Å². The summed E-state index contributed by atoms with van der Waals surface area (Å²) in [6.45, 7) is 9.34. The van der Waals surface area contributed by atoms with Crippen molar-refractivity contribution in [1.29, 1.82) is 0 Å². The van der Waals surface area contributed by atoms with Crippen LogP contribution in [0.3, 0.4) is 0 Å². The molecule has 1 fully saturated rings. The van der Waals surface area contributed by atoms with Gasteiger partial charge in [-0.25, -0.2) is 4.41 Å². The van der Waals surface area contributed by atoms with E-state index in [1.807, 2.05) is 0 Å². The molecular formula is C15H28N4S. The summed E-state index contributed by atoms with van der Waals surface area (Å²) < 4.78 is 2.14. The third-order valence-corrected chi connectivity index (χ3v) is 5.02. The number of aliphatic imine (C=N–C) groups is 1. The fourth-order valence-electron chi connectivity index (χ4n) is 2.84. The topological polar surface area (TPSA) is 54.0 Å². The smallest absolute Gasteiger partial charge is 0.123 e. The SMILES string of the molecule is CC1=NN(CC2CCCCC2)SC1C(N)=NC(C)(C)C. The summed E-state index contributed by atoms with van der Waals surface area (Å²) in [6.07, 6.45) is 6.86. The Kier molecular flexibility index (Phi) is 4.99. The average Bonchev–Trinajstić information content (AvgIpc) is 2.69. The van der Waals surface area contributed by atoms with Crippen molar-refractivity contribution >= 4 is 23.5 Å². The van der Waals surface area contributed by atoms with Crippen LogP contribution in [0.2, 0.25) is 0 Å². The van der Waals surface area contributed by atoms with Crippen molar-refractivity contribution in [2.24, 2.45) is 21.7 Å². The molecule has 1 aliphatic carbocycles. The molecule has 20 heavy (non-hydrogen) atoms. The summed E-state index contributed by atoms with van der Waals surface area (Å²) in [7, 11) is 0. The lowest BCUT2D eigenvalue weighted by molar-refractivity contribution is 0.299. The molecule has 5 heteroatoms. The van der Waals surface area contributed by atoms with Crippen LogP contribution in [0.25, 0.3) is 0 Å². The zero-order chi connectivity index (χ0) is 14.8. The summed E-state index contributed by atoms with van der Waals surface area (Å²) >= 11 is 1.74. The number of hydrazone groups is 1. The van der Waals surface area contributed by atoms with E-state index in [-0.39, 0.29) is 10.8 Å². The molecule has 4 nitrogen and oxygen atoms in total. The van der Waals surface area contributed by atoms with E-state index in [0.717, 1.165) is 18.2 Å². The molecule has 0 amide bonds. The van der Waals surface area contributed by atoms with Gasteiger partial charge < -0.3 is 5.73 Å². The van der Waals surface area contributed by atoms with Crippen LogP contribution < -0.4 is 5.73 Å². The van der Waals surface area contributed by atoms with E-state index in [1.54, 1.807) is 11.9 Å². The molecule has 2 rings (SSSR count). The van der Waals surface area contributed by atoms with Crippen molar-refractivity contribution in [2.45, 2.75) is 70.6 Å². The Balaban J connectivity index is 1.93. The summed E-state index contributed by atoms with van der Waals surface area (Å²) in [4.78, 5) is 4.59. The van der Waals surface area contributed by atoms with Gasteiger partial charge in [0.1, 0.15) is 11.1 Å². The highest BCUT2D eigenvalue weighted by Crippen LogP contribution is 2.32. The zero-order valence-corrected chi connectivity index (χ0v) is 14.0. The van der Waals surface area contributed by atoms with Gasteiger partial charge in [-0.15, -0.1) is 0 Å². The molecule has 0 aromatic carbocycles. The van der Waals surface area contributed by atoms with E-state index >= 15 is 0 Å². The lowest BCUT2D eigenvalue weighted by Gasteiger charge is -2.25. The van der Waals surface area contributed by atoms with Crippen LogP contribution in [-0.2, 0) is 0 Å². The first-order chi connectivity index (χ1) is 9.35. The monoisotopic (exact) mass is 296 g/mol. The minimum Gasteiger partial charge on any atom is -0.386 e. The Morgan fingerprint density at radius 1 is 1.35 bits per heavy atom. The molecule has 1 aliphatic heterocycles.